The molecular formula is C18H33N7O. The van der Waals surface area contributed by atoms with Gasteiger partial charge < -0.3 is 24.4 Å². The second kappa shape index (κ2) is 8.73. The van der Waals surface area contributed by atoms with E-state index in [0.717, 1.165) is 63.5 Å². The van der Waals surface area contributed by atoms with E-state index in [1.807, 2.05) is 32.2 Å². The maximum Gasteiger partial charge on any atom is 0.204 e. The number of likely N-dealkylation sites (tertiary alicyclic amines) is 1. The number of anilines is 1. The molecule has 0 spiro atoms. The van der Waals surface area contributed by atoms with Gasteiger partial charge in [-0.2, -0.15) is 0 Å². The largest absolute Gasteiger partial charge is 0.379 e. The molecule has 8 nitrogen and oxygen atoms in total. The van der Waals surface area contributed by atoms with E-state index < -0.39 is 0 Å². The monoisotopic (exact) mass is 363 g/mol. The van der Waals surface area contributed by atoms with Crippen LogP contribution < -0.4 is 10.2 Å². The van der Waals surface area contributed by atoms with E-state index in [0.29, 0.717) is 5.92 Å². The average molecular weight is 364 g/mol. The van der Waals surface area contributed by atoms with Crippen LogP contribution in [0.1, 0.15) is 12.1 Å². The van der Waals surface area contributed by atoms with Crippen LogP contribution in [0.25, 0.3) is 0 Å². The fourth-order valence-electron chi connectivity index (χ4n) is 3.84. The van der Waals surface area contributed by atoms with Crippen LogP contribution in [-0.4, -0.2) is 92.4 Å². The van der Waals surface area contributed by atoms with Crippen molar-refractivity contribution in [2.45, 2.75) is 13.0 Å². The third-order valence-corrected chi connectivity index (χ3v) is 5.30. The lowest BCUT2D eigenvalue weighted by atomic mass is 10.1. The van der Waals surface area contributed by atoms with Crippen molar-refractivity contribution in [1.29, 1.82) is 0 Å². The SMILES string of the molecule is CN=C(NCc1cnc(N(C)C)n1C)N1CCC(CN2CCOCC2)C1. The Hall–Kier alpha value is -1.80. The molecule has 0 radical (unpaired) electrons. The Labute approximate surface area is 156 Å². The van der Waals surface area contributed by atoms with Gasteiger partial charge in [-0.3, -0.25) is 9.89 Å². The molecule has 0 bridgehead atoms. The zero-order valence-electron chi connectivity index (χ0n) is 16.6. The Balaban J connectivity index is 1.50. The van der Waals surface area contributed by atoms with E-state index >= 15 is 0 Å². The third-order valence-electron chi connectivity index (χ3n) is 5.30. The van der Waals surface area contributed by atoms with Gasteiger partial charge >= 0.3 is 0 Å². The van der Waals surface area contributed by atoms with Gasteiger partial charge in [-0.1, -0.05) is 0 Å². The summed E-state index contributed by atoms with van der Waals surface area (Å²) in [6.07, 6.45) is 3.16. The van der Waals surface area contributed by atoms with Crippen LogP contribution in [0.4, 0.5) is 5.95 Å². The van der Waals surface area contributed by atoms with Gasteiger partial charge in [0.15, 0.2) is 5.96 Å². The zero-order valence-corrected chi connectivity index (χ0v) is 16.6. The lowest BCUT2D eigenvalue weighted by molar-refractivity contribution is 0.0315. The van der Waals surface area contributed by atoms with E-state index in [1.54, 1.807) is 0 Å². The van der Waals surface area contributed by atoms with Gasteiger partial charge in [-0.05, 0) is 12.3 Å². The molecule has 0 amide bonds. The van der Waals surface area contributed by atoms with Crippen LogP contribution in [0.15, 0.2) is 11.2 Å². The lowest BCUT2D eigenvalue weighted by Crippen LogP contribution is -2.42. The summed E-state index contributed by atoms with van der Waals surface area (Å²) in [4.78, 5) is 15.9. The van der Waals surface area contributed by atoms with Crippen molar-refractivity contribution in [3.8, 4) is 0 Å². The molecule has 0 saturated carbocycles. The fraction of sp³-hybridized carbons (Fsp3) is 0.778. The summed E-state index contributed by atoms with van der Waals surface area (Å²) < 4.78 is 7.57. The second-order valence-corrected chi connectivity index (χ2v) is 7.42. The Kier molecular flexibility index (Phi) is 6.37. The van der Waals surface area contributed by atoms with Gasteiger partial charge in [0, 0.05) is 60.9 Å². The number of aliphatic imine (C=N–C) groups is 1. The Morgan fingerprint density at radius 2 is 2.12 bits per heavy atom. The van der Waals surface area contributed by atoms with Crippen LogP contribution >= 0.6 is 0 Å². The van der Waals surface area contributed by atoms with Gasteiger partial charge in [0.1, 0.15) is 0 Å². The number of aromatic nitrogens is 2. The molecule has 3 rings (SSSR count). The Morgan fingerprint density at radius 1 is 1.35 bits per heavy atom. The highest BCUT2D eigenvalue weighted by Crippen LogP contribution is 2.18. The molecule has 146 valence electrons. The summed E-state index contributed by atoms with van der Waals surface area (Å²) >= 11 is 0. The molecule has 1 unspecified atom stereocenters. The number of ether oxygens (including phenoxy) is 1. The van der Waals surface area contributed by atoms with Crippen molar-refractivity contribution in [2.24, 2.45) is 18.0 Å². The smallest absolute Gasteiger partial charge is 0.204 e. The number of imidazole rings is 1. The molecule has 2 aliphatic rings. The normalized spacial score (nSPS) is 22.1. The topological polar surface area (TPSA) is 61.2 Å². The van der Waals surface area contributed by atoms with E-state index in [1.165, 1.54) is 13.0 Å². The van der Waals surface area contributed by atoms with Crippen LogP contribution in [0.3, 0.4) is 0 Å². The molecule has 1 aromatic heterocycles. The molecular weight excluding hydrogens is 330 g/mol. The highest BCUT2D eigenvalue weighted by Gasteiger charge is 2.27. The highest BCUT2D eigenvalue weighted by molar-refractivity contribution is 5.80. The van der Waals surface area contributed by atoms with E-state index in [4.69, 9.17) is 4.74 Å². The first-order valence-electron chi connectivity index (χ1n) is 9.52. The van der Waals surface area contributed by atoms with Crippen molar-refractivity contribution in [1.82, 2.24) is 24.7 Å². The van der Waals surface area contributed by atoms with Gasteiger partial charge in [0.25, 0.3) is 0 Å². The quantitative estimate of drug-likeness (QED) is 0.596. The number of nitrogens with zero attached hydrogens (tertiary/aromatic N) is 6. The number of rotatable bonds is 5. The predicted molar refractivity (Wildman–Crippen MR) is 105 cm³/mol. The minimum absolute atomic E-state index is 0.712. The first-order valence-corrected chi connectivity index (χ1v) is 9.52. The fourth-order valence-corrected chi connectivity index (χ4v) is 3.84. The highest BCUT2D eigenvalue weighted by atomic mass is 16.5. The maximum atomic E-state index is 5.45. The summed E-state index contributed by atoms with van der Waals surface area (Å²) in [5.41, 5.74) is 1.15. The molecule has 1 aromatic rings. The minimum atomic E-state index is 0.712. The van der Waals surface area contributed by atoms with Crippen molar-refractivity contribution in [3.63, 3.8) is 0 Å². The van der Waals surface area contributed by atoms with Crippen LogP contribution in [-0.2, 0) is 18.3 Å². The van der Waals surface area contributed by atoms with Crippen LogP contribution in [0.5, 0.6) is 0 Å². The van der Waals surface area contributed by atoms with Crippen LogP contribution in [0.2, 0.25) is 0 Å². The number of morpholine rings is 1. The van der Waals surface area contributed by atoms with Gasteiger partial charge in [0.05, 0.1) is 31.6 Å². The number of guanidine groups is 1. The van der Waals surface area contributed by atoms with E-state index in [-0.39, 0.29) is 0 Å². The molecule has 26 heavy (non-hydrogen) atoms. The van der Waals surface area contributed by atoms with Gasteiger partial charge in [0.2, 0.25) is 5.95 Å². The van der Waals surface area contributed by atoms with Crippen molar-refractivity contribution < 1.29 is 4.74 Å². The predicted octanol–water partition coefficient (Wildman–Crippen LogP) is 0.216. The van der Waals surface area contributed by atoms with Gasteiger partial charge in [-0.15, -0.1) is 0 Å². The molecule has 0 aliphatic carbocycles. The lowest BCUT2D eigenvalue weighted by Gasteiger charge is -2.29. The number of nitrogens with one attached hydrogen (secondary N) is 1. The van der Waals surface area contributed by atoms with Crippen molar-refractivity contribution >= 4 is 11.9 Å². The summed E-state index contributed by atoms with van der Waals surface area (Å²) in [7, 11) is 7.94. The van der Waals surface area contributed by atoms with Crippen molar-refractivity contribution in [3.05, 3.63) is 11.9 Å². The first-order chi connectivity index (χ1) is 12.6. The summed E-state index contributed by atoms with van der Waals surface area (Å²) in [6.45, 7) is 7.93. The summed E-state index contributed by atoms with van der Waals surface area (Å²) in [6, 6.07) is 0. The second-order valence-electron chi connectivity index (χ2n) is 7.42. The molecule has 3 heterocycles. The van der Waals surface area contributed by atoms with E-state index in [9.17, 15) is 0 Å². The standard InChI is InChI=1S/C18H33N7O/c1-19-17(20-11-16-12-21-18(22(2)3)23(16)4)25-6-5-15(14-25)13-24-7-9-26-10-8-24/h12,15H,5-11,13-14H2,1-4H3,(H,19,20). The molecule has 0 aromatic carbocycles. The van der Waals surface area contributed by atoms with Gasteiger partial charge in [-0.25, -0.2) is 4.98 Å². The molecule has 2 saturated heterocycles. The summed E-state index contributed by atoms with van der Waals surface area (Å²) in [5, 5.41) is 3.51. The first kappa shape index (κ1) is 19.0. The Morgan fingerprint density at radius 3 is 2.77 bits per heavy atom. The Bertz CT molecular complexity index is 607. The average Bonchev–Trinajstić information content (AvgIpc) is 3.24. The third kappa shape index (κ3) is 4.48. The molecule has 8 heteroatoms. The maximum absolute atomic E-state index is 5.45. The molecule has 2 fully saturated rings. The summed E-state index contributed by atoms with van der Waals surface area (Å²) in [5.74, 6) is 2.66. The molecule has 1 N–H and O–H groups in total. The van der Waals surface area contributed by atoms with E-state index in [2.05, 4.69) is 36.7 Å². The zero-order chi connectivity index (χ0) is 18.5. The number of hydrogen-bond acceptors (Lipinski definition) is 5. The molecule has 2 aliphatic heterocycles. The molecule has 1 atom stereocenters. The number of hydrogen-bond donors (Lipinski definition) is 1. The van der Waals surface area contributed by atoms with Crippen LogP contribution in [0, 0.1) is 5.92 Å². The minimum Gasteiger partial charge on any atom is -0.379 e. The van der Waals surface area contributed by atoms with Crippen molar-refractivity contribution in [2.75, 3.05) is 72.0 Å².